The number of hydrogen-bond acceptors (Lipinski definition) is 1. The average molecular weight is 302 g/mol. The summed E-state index contributed by atoms with van der Waals surface area (Å²) < 4.78 is 0. The molecule has 0 spiro atoms. The number of benzene rings is 3. The van der Waals surface area contributed by atoms with E-state index >= 15 is 0 Å². The van der Waals surface area contributed by atoms with Gasteiger partial charge in [-0.25, -0.2) is 0 Å². The summed E-state index contributed by atoms with van der Waals surface area (Å²) in [7, 11) is 0. The van der Waals surface area contributed by atoms with E-state index in [1.54, 1.807) is 12.1 Å². The van der Waals surface area contributed by atoms with E-state index in [2.05, 4.69) is 67.6 Å². The molecule has 0 fully saturated rings. The van der Waals surface area contributed by atoms with E-state index in [9.17, 15) is 5.11 Å². The molecule has 0 amide bonds. The van der Waals surface area contributed by atoms with E-state index in [1.807, 2.05) is 12.1 Å². The first kappa shape index (κ1) is 15.4. The van der Waals surface area contributed by atoms with Gasteiger partial charge in [0.15, 0.2) is 0 Å². The average Bonchev–Trinajstić information content (AvgIpc) is 2.57. The summed E-state index contributed by atoms with van der Waals surface area (Å²) in [6.45, 7) is 2.30. The second-order valence-corrected chi connectivity index (χ2v) is 6.43. The highest BCUT2D eigenvalue weighted by Gasteiger charge is 2.27. The summed E-state index contributed by atoms with van der Waals surface area (Å²) >= 11 is 0. The molecule has 3 aromatic carbocycles. The molecule has 23 heavy (non-hydrogen) atoms. The molecule has 3 aromatic rings. The molecule has 0 saturated carbocycles. The van der Waals surface area contributed by atoms with Crippen molar-refractivity contribution in [1.82, 2.24) is 0 Å². The topological polar surface area (TPSA) is 20.2 Å². The molecule has 0 aromatic heterocycles. The summed E-state index contributed by atoms with van der Waals surface area (Å²) in [6, 6.07) is 28.9. The Morgan fingerprint density at radius 1 is 0.652 bits per heavy atom. The predicted octanol–water partition coefficient (Wildman–Crippen LogP) is 5.14. The van der Waals surface area contributed by atoms with Gasteiger partial charge < -0.3 is 5.11 Å². The maximum absolute atomic E-state index is 9.60. The molecule has 0 aliphatic heterocycles. The Hall–Kier alpha value is -2.54. The SMILES string of the molecule is CC(Cc1ccccc1)(Cc1ccccc1)c1ccc(O)cc1. The van der Waals surface area contributed by atoms with Gasteiger partial charge in [-0.3, -0.25) is 0 Å². The van der Waals surface area contributed by atoms with Crippen molar-refractivity contribution in [3.63, 3.8) is 0 Å². The van der Waals surface area contributed by atoms with Crippen molar-refractivity contribution < 1.29 is 5.11 Å². The summed E-state index contributed by atoms with van der Waals surface area (Å²) in [5, 5.41) is 9.60. The van der Waals surface area contributed by atoms with Gasteiger partial charge in [-0.15, -0.1) is 0 Å². The lowest BCUT2D eigenvalue weighted by Gasteiger charge is -2.31. The number of phenolic OH excluding ortho intramolecular Hbond substituents is 1. The zero-order valence-corrected chi connectivity index (χ0v) is 13.4. The van der Waals surface area contributed by atoms with E-state index < -0.39 is 0 Å². The minimum absolute atomic E-state index is 0.0175. The maximum Gasteiger partial charge on any atom is 0.115 e. The van der Waals surface area contributed by atoms with Gasteiger partial charge in [-0.2, -0.15) is 0 Å². The van der Waals surface area contributed by atoms with E-state index in [0.717, 1.165) is 12.8 Å². The highest BCUT2D eigenvalue weighted by Crippen LogP contribution is 2.33. The molecule has 0 heterocycles. The molecule has 0 atom stereocenters. The van der Waals surface area contributed by atoms with Gasteiger partial charge in [0.25, 0.3) is 0 Å². The Kier molecular flexibility index (Phi) is 4.47. The minimum Gasteiger partial charge on any atom is -0.508 e. The van der Waals surface area contributed by atoms with Crippen LogP contribution in [0.15, 0.2) is 84.9 Å². The molecule has 1 nitrogen and oxygen atoms in total. The van der Waals surface area contributed by atoms with Crippen LogP contribution in [0.4, 0.5) is 0 Å². The lowest BCUT2D eigenvalue weighted by Crippen LogP contribution is -2.28. The number of rotatable bonds is 5. The van der Waals surface area contributed by atoms with E-state index in [1.165, 1.54) is 16.7 Å². The lowest BCUT2D eigenvalue weighted by molar-refractivity contribution is 0.458. The third-order valence-electron chi connectivity index (χ3n) is 4.44. The number of hydrogen-bond donors (Lipinski definition) is 1. The second-order valence-electron chi connectivity index (χ2n) is 6.43. The first-order valence-corrected chi connectivity index (χ1v) is 8.03. The van der Waals surface area contributed by atoms with Gasteiger partial charge in [0.2, 0.25) is 0 Å². The van der Waals surface area contributed by atoms with Crippen molar-refractivity contribution in [2.75, 3.05) is 0 Å². The van der Waals surface area contributed by atoms with Gasteiger partial charge in [-0.05, 0) is 41.7 Å². The summed E-state index contributed by atoms with van der Waals surface area (Å²) in [4.78, 5) is 0. The monoisotopic (exact) mass is 302 g/mol. The normalized spacial score (nSPS) is 11.3. The third kappa shape index (κ3) is 3.81. The Bertz CT molecular complexity index is 688. The standard InChI is InChI=1S/C22H22O/c1-22(16-18-8-4-2-5-9-18,17-19-10-6-3-7-11-19)20-12-14-21(23)15-13-20/h2-15,23H,16-17H2,1H3. The molecule has 116 valence electrons. The Balaban J connectivity index is 1.96. The predicted molar refractivity (Wildman–Crippen MR) is 95.8 cm³/mol. The molecule has 0 unspecified atom stereocenters. The quantitative estimate of drug-likeness (QED) is 0.692. The summed E-state index contributed by atoms with van der Waals surface area (Å²) in [5.41, 5.74) is 3.90. The summed E-state index contributed by atoms with van der Waals surface area (Å²) in [6.07, 6.45) is 1.93. The lowest BCUT2D eigenvalue weighted by atomic mass is 9.73. The Morgan fingerprint density at radius 3 is 1.52 bits per heavy atom. The van der Waals surface area contributed by atoms with Crippen molar-refractivity contribution in [3.05, 3.63) is 102 Å². The van der Waals surface area contributed by atoms with Gasteiger partial charge in [-0.1, -0.05) is 79.7 Å². The van der Waals surface area contributed by atoms with Gasteiger partial charge >= 0.3 is 0 Å². The molecule has 0 radical (unpaired) electrons. The van der Waals surface area contributed by atoms with Crippen LogP contribution in [0, 0.1) is 0 Å². The van der Waals surface area contributed by atoms with E-state index in [-0.39, 0.29) is 5.41 Å². The van der Waals surface area contributed by atoms with Crippen molar-refractivity contribution in [1.29, 1.82) is 0 Å². The fourth-order valence-electron chi connectivity index (χ4n) is 3.22. The highest BCUT2D eigenvalue weighted by molar-refractivity contribution is 5.35. The molecule has 0 aliphatic carbocycles. The van der Waals surface area contributed by atoms with Gasteiger partial charge in [0.05, 0.1) is 0 Å². The molecule has 1 N–H and O–H groups in total. The fraction of sp³-hybridized carbons (Fsp3) is 0.182. The van der Waals surface area contributed by atoms with Crippen LogP contribution >= 0.6 is 0 Å². The molecular formula is C22H22O. The summed E-state index contributed by atoms with van der Waals surface area (Å²) in [5.74, 6) is 0.315. The van der Waals surface area contributed by atoms with E-state index in [0.29, 0.717) is 5.75 Å². The van der Waals surface area contributed by atoms with Crippen LogP contribution in [0.3, 0.4) is 0 Å². The van der Waals surface area contributed by atoms with Crippen LogP contribution < -0.4 is 0 Å². The zero-order valence-electron chi connectivity index (χ0n) is 13.4. The molecular weight excluding hydrogens is 280 g/mol. The molecule has 0 saturated heterocycles. The van der Waals surface area contributed by atoms with Gasteiger partial charge in [0.1, 0.15) is 5.75 Å². The van der Waals surface area contributed by atoms with Crippen LogP contribution in [0.5, 0.6) is 5.75 Å². The zero-order chi connectivity index (χ0) is 16.1. The van der Waals surface area contributed by atoms with Crippen molar-refractivity contribution in [2.45, 2.75) is 25.2 Å². The number of aromatic hydroxyl groups is 1. The highest BCUT2D eigenvalue weighted by atomic mass is 16.3. The second kappa shape index (κ2) is 6.70. The largest absolute Gasteiger partial charge is 0.508 e. The van der Waals surface area contributed by atoms with Crippen LogP contribution in [-0.2, 0) is 18.3 Å². The fourth-order valence-corrected chi connectivity index (χ4v) is 3.22. The van der Waals surface area contributed by atoms with Crippen LogP contribution in [-0.4, -0.2) is 5.11 Å². The van der Waals surface area contributed by atoms with Crippen LogP contribution in [0.25, 0.3) is 0 Å². The van der Waals surface area contributed by atoms with E-state index in [4.69, 9.17) is 0 Å². The molecule has 3 rings (SSSR count). The first-order chi connectivity index (χ1) is 11.2. The maximum atomic E-state index is 9.60. The van der Waals surface area contributed by atoms with Crippen molar-refractivity contribution in [2.24, 2.45) is 0 Å². The Labute approximate surface area is 138 Å². The number of phenols is 1. The van der Waals surface area contributed by atoms with Crippen molar-refractivity contribution >= 4 is 0 Å². The van der Waals surface area contributed by atoms with Crippen LogP contribution in [0.1, 0.15) is 23.6 Å². The van der Waals surface area contributed by atoms with Gasteiger partial charge in [0, 0.05) is 5.41 Å². The molecule has 0 bridgehead atoms. The molecule has 1 heteroatoms. The van der Waals surface area contributed by atoms with Crippen LogP contribution in [0.2, 0.25) is 0 Å². The smallest absolute Gasteiger partial charge is 0.115 e. The third-order valence-corrected chi connectivity index (χ3v) is 4.44. The minimum atomic E-state index is -0.0175. The molecule has 0 aliphatic rings. The Morgan fingerprint density at radius 2 is 1.09 bits per heavy atom. The van der Waals surface area contributed by atoms with Crippen molar-refractivity contribution in [3.8, 4) is 5.75 Å². The first-order valence-electron chi connectivity index (χ1n) is 8.03.